The number of benzene rings is 1. The number of anilines is 1. The van der Waals surface area contributed by atoms with E-state index >= 15 is 0 Å². The minimum absolute atomic E-state index is 0.259. The summed E-state index contributed by atoms with van der Waals surface area (Å²) >= 11 is 0. The van der Waals surface area contributed by atoms with Crippen LogP contribution in [0.15, 0.2) is 30.6 Å². The lowest BCUT2D eigenvalue weighted by Gasteiger charge is -2.23. The first-order chi connectivity index (χ1) is 8.99. The Balaban J connectivity index is 2.28. The van der Waals surface area contributed by atoms with Crippen LogP contribution in [0.1, 0.15) is 24.1 Å². The summed E-state index contributed by atoms with van der Waals surface area (Å²) in [4.78, 5) is 1.98. The molecule has 1 aromatic heterocycles. The van der Waals surface area contributed by atoms with Crippen LogP contribution in [0, 0.1) is 5.82 Å². The molecule has 19 heavy (non-hydrogen) atoms. The second-order valence-corrected chi connectivity index (χ2v) is 4.84. The summed E-state index contributed by atoms with van der Waals surface area (Å²) in [6.45, 7) is 2.46. The van der Waals surface area contributed by atoms with E-state index in [1.165, 1.54) is 6.07 Å². The molecule has 0 saturated carbocycles. The standard InChI is InChI=1S/C14H19FN4/c1-10(16)14-12(15)5-4-6-13(14)18(2)8-11-7-17-19(3)9-11/h4-7,9-10H,8,16H2,1-3H3/t10-/m1/s1. The van der Waals surface area contributed by atoms with E-state index in [0.717, 1.165) is 11.3 Å². The van der Waals surface area contributed by atoms with Gasteiger partial charge in [0.1, 0.15) is 5.82 Å². The molecule has 2 N–H and O–H groups in total. The molecule has 0 aliphatic rings. The van der Waals surface area contributed by atoms with E-state index in [4.69, 9.17) is 5.73 Å². The number of hydrogen-bond acceptors (Lipinski definition) is 3. The number of rotatable bonds is 4. The minimum atomic E-state index is -0.340. The molecule has 0 spiro atoms. The zero-order valence-corrected chi connectivity index (χ0v) is 11.5. The number of halogens is 1. The van der Waals surface area contributed by atoms with Crippen LogP contribution in [0.2, 0.25) is 0 Å². The molecular formula is C14H19FN4. The Hall–Kier alpha value is -1.88. The highest BCUT2D eigenvalue weighted by molar-refractivity contribution is 5.55. The summed E-state index contributed by atoms with van der Waals surface area (Å²) in [5.41, 5.74) is 8.31. The first-order valence-electron chi connectivity index (χ1n) is 6.21. The predicted octanol–water partition coefficient (Wildman–Crippen LogP) is 2.22. The van der Waals surface area contributed by atoms with Gasteiger partial charge in [0.15, 0.2) is 0 Å². The van der Waals surface area contributed by atoms with Crippen molar-refractivity contribution in [2.75, 3.05) is 11.9 Å². The molecule has 2 rings (SSSR count). The largest absolute Gasteiger partial charge is 0.370 e. The number of nitrogens with zero attached hydrogens (tertiary/aromatic N) is 3. The summed E-state index contributed by atoms with van der Waals surface area (Å²) in [5.74, 6) is -0.259. The van der Waals surface area contributed by atoms with Gasteiger partial charge in [0.05, 0.1) is 6.20 Å². The van der Waals surface area contributed by atoms with Gasteiger partial charge in [-0.2, -0.15) is 5.10 Å². The van der Waals surface area contributed by atoms with Gasteiger partial charge in [-0.15, -0.1) is 0 Å². The maximum atomic E-state index is 13.9. The monoisotopic (exact) mass is 262 g/mol. The Bertz CT molecular complexity index is 562. The average molecular weight is 262 g/mol. The van der Waals surface area contributed by atoms with Gasteiger partial charge >= 0.3 is 0 Å². The van der Waals surface area contributed by atoms with Crippen molar-refractivity contribution in [3.63, 3.8) is 0 Å². The van der Waals surface area contributed by atoms with Gasteiger partial charge in [-0.25, -0.2) is 4.39 Å². The second-order valence-electron chi connectivity index (χ2n) is 4.84. The first kappa shape index (κ1) is 13.5. The molecule has 0 unspecified atom stereocenters. The molecule has 0 fully saturated rings. The number of hydrogen-bond donors (Lipinski definition) is 1. The normalized spacial score (nSPS) is 12.5. The number of aryl methyl sites for hydroxylation is 1. The van der Waals surface area contributed by atoms with Crippen LogP contribution in [-0.4, -0.2) is 16.8 Å². The van der Waals surface area contributed by atoms with Crippen LogP contribution in [0.25, 0.3) is 0 Å². The Morgan fingerprint density at radius 1 is 1.47 bits per heavy atom. The third kappa shape index (κ3) is 2.93. The lowest BCUT2D eigenvalue weighted by atomic mass is 10.0. The van der Waals surface area contributed by atoms with Crippen molar-refractivity contribution in [1.82, 2.24) is 9.78 Å². The van der Waals surface area contributed by atoms with Crippen LogP contribution in [0.3, 0.4) is 0 Å². The smallest absolute Gasteiger partial charge is 0.130 e. The third-order valence-corrected chi connectivity index (χ3v) is 3.07. The minimum Gasteiger partial charge on any atom is -0.370 e. The summed E-state index contributed by atoms with van der Waals surface area (Å²) in [7, 11) is 3.80. The molecule has 0 aliphatic carbocycles. The highest BCUT2D eigenvalue weighted by atomic mass is 19.1. The van der Waals surface area contributed by atoms with E-state index in [1.807, 2.05) is 31.3 Å². The summed E-state index contributed by atoms with van der Waals surface area (Å²) in [6, 6.07) is 4.70. The SMILES string of the molecule is C[C@@H](N)c1c(F)cccc1N(C)Cc1cnn(C)c1. The molecule has 102 valence electrons. The Labute approximate surface area is 112 Å². The third-order valence-electron chi connectivity index (χ3n) is 3.07. The molecule has 0 amide bonds. The zero-order valence-electron chi connectivity index (χ0n) is 11.5. The van der Waals surface area contributed by atoms with Gasteiger partial charge in [-0.05, 0) is 19.1 Å². The van der Waals surface area contributed by atoms with Crippen molar-refractivity contribution in [2.24, 2.45) is 12.8 Å². The maximum Gasteiger partial charge on any atom is 0.130 e. The maximum absolute atomic E-state index is 13.9. The molecule has 1 aromatic carbocycles. The molecule has 2 aromatic rings. The molecular weight excluding hydrogens is 243 g/mol. The molecule has 1 heterocycles. The summed E-state index contributed by atoms with van der Waals surface area (Å²) in [6.07, 6.45) is 3.75. The molecule has 5 heteroatoms. The van der Waals surface area contributed by atoms with Crippen LogP contribution < -0.4 is 10.6 Å². The van der Waals surface area contributed by atoms with Crippen molar-refractivity contribution in [3.8, 4) is 0 Å². The Kier molecular flexibility index (Phi) is 3.85. The van der Waals surface area contributed by atoms with E-state index in [-0.39, 0.29) is 11.9 Å². The second kappa shape index (κ2) is 5.40. The van der Waals surface area contributed by atoms with Crippen LogP contribution in [0.5, 0.6) is 0 Å². The highest BCUT2D eigenvalue weighted by Crippen LogP contribution is 2.27. The molecule has 0 saturated heterocycles. The lowest BCUT2D eigenvalue weighted by Crippen LogP contribution is -2.21. The summed E-state index contributed by atoms with van der Waals surface area (Å²) < 4.78 is 15.6. The Morgan fingerprint density at radius 2 is 2.21 bits per heavy atom. The molecule has 1 atom stereocenters. The number of aromatic nitrogens is 2. The predicted molar refractivity (Wildman–Crippen MR) is 74.3 cm³/mol. The molecule has 0 bridgehead atoms. The van der Waals surface area contributed by atoms with E-state index < -0.39 is 0 Å². The summed E-state index contributed by atoms with van der Waals surface area (Å²) in [5, 5.41) is 4.13. The quantitative estimate of drug-likeness (QED) is 0.919. The first-order valence-corrected chi connectivity index (χ1v) is 6.21. The van der Waals surface area contributed by atoms with Crippen molar-refractivity contribution in [2.45, 2.75) is 19.5 Å². The number of nitrogens with two attached hydrogens (primary N) is 1. The lowest BCUT2D eigenvalue weighted by molar-refractivity contribution is 0.592. The molecule has 0 radical (unpaired) electrons. The molecule has 4 nitrogen and oxygen atoms in total. The van der Waals surface area contributed by atoms with Gasteiger partial charge in [0, 0.05) is 49.7 Å². The van der Waals surface area contributed by atoms with Crippen molar-refractivity contribution >= 4 is 5.69 Å². The van der Waals surface area contributed by atoms with Gasteiger partial charge in [0.2, 0.25) is 0 Å². The van der Waals surface area contributed by atoms with E-state index in [0.29, 0.717) is 12.1 Å². The van der Waals surface area contributed by atoms with E-state index in [2.05, 4.69) is 5.10 Å². The fourth-order valence-electron chi connectivity index (χ4n) is 2.22. The molecule has 0 aliphatic heterocycles. The van der Waals surface area contributed by atoms with Gasteiger partial charge in [-0.3, -0.25) is 4.68 Å². The van der Waals surface area contributed by atoms with Gasteiger partial charge in [0.25, 0.3) is 0 Å². The van der Waals surface area contributed by atoms with Gasteiger partial charge in [-0.1, -0.05) is 6.07 Å². The topological polar surface area (TPSA) is 47.1 Å². The fourth-order valence-corrected chi connectivity index (χ4v) is 2.22. The van der Waals surface area contributed by atoms with Crippen LogP contribution in [-0.2, 0) is 13.6 Å². The van der Waals surface area contributed by atoms with E-state index in [9.17, 15) is 4.39 Å². The fraction of sp³-hybridized carbons (Fsp3) is 0.357. The average Bonchev–Trinajstić information content (AvgIpc) is 2.73. The highest BCUT2D eigenvalue weighted by Gasteiger charge is 2.15. The zero-order chi connectivity index (χ0) is 14.0. The van der Waals surface area contributed by atoms with Crippen LogP contribution >= 0.6 is 0 Å². The van der Waals surface area contributed by atoms with Gasteiger partial charge < -0.3 is 10.6 Å². The van der Waals surface area contributed by atoms with Crippen molar-refractivity contribution in [3.05, 3.63) is 47.5 Å². The van der Waals surface area contributed by atoms with Crippen molar-refractivity contribution < 1.29 is 4.39 Å². The van der Waals surface area contributed by atoms with Crippen LogP contribution in [0.4, 0.5) is 10.1 Å². The van der Waals surface area contributed by atoms with E-state index in [1.54, 1.807) is 23.9 Å². The van der Waals surface area contributed by atoms with Crippen molar-refractivity contribution in [1.29, 1.82) is 0 Å². The Morgan fingerprint density at radius 3 is 2.79 bits per heavy atom.